The van der Waals surface area contributed by atoms with Crippen LogP contribution in [0.5, 0.6) is 0 Å². The van der Waals surface area contributed by atoms with Crippen molar-refractivity contribution in [2.45, 2.75) is 39.0 Å². The van der Waals surface area contributed by atoms with Gasteiger partial charge in [0.25, 0.3) is 0 Å². The van der Waals surface area contributed by atoms with Crippen molar-refractivity contribution in [1.82, 2.24) is 10.6 Å². The van der Waals surface area contributed by atoms with Crippen molar-refractivity contribution in [2.75, 3.05) is 20.1 Å². The van der Waals surface area contributed by atoms with Gasteiger partial charge < -0.3 is 10.6 Å². The van der Waals surface area contributed by atoms with Gasteiger partial charge in [-0.25, -0.2) is 0 Å². The third-order valence-corrected chi connectivity index (χ3v) is 3.23. The van der Waals surface area contributed by atoms with E-state index in [-0.39, 0.29) is 18.3 Å². The molecule has 0 saturated heterocycles. The molecule has 96 valence electrons. The van der Waals surface area contributed by atoms with E-state index < -0.39 is 0 Å². The van der Waals surface area contributed by atoms with Crippen LogP contribution >= 0.6 is 12.4 Å². The Morgan fingerprint density at radius 2 is 2.12 bits per heavy atom. The summed E-state index contributed by atoms with van der Waals surface area (Å²) in [5.41, 5.74) is 0. The molecular formula is C12H25ClN2O. The maximum absolute atomic E-state index is 11.4. The fourth-order valence-electron chi connectivity index (χ4n) is 2.33. The highest BCUT2D eigenvalue weighted by Gasteiger charge is 2.18. The number of halogens is 1. The van der Waals surface area contributed by atoms with Gasteiger partial charge in [-0.15, -0.1) is 12.4 Å². The van der Waals surface area contributed by atoms with Crippen LogP contribution < -0.4 is 10.6 Å². The molecule has 0 aliphatic heterocycles. The SMILES string of the molecule is CNCCC(=O)NCC1CCCC(C)C1.Cl. The van der Waals surface area contributed by atoms with E-state index in [4.69, 9.17) is 0 Å². The molecule has 1 aliphatic carbocycles. The Labute approximate surface area is 105 Å². The van der Waals surface area contributed by atoms with Crippen molar-refractivity contribution < 1.29 is 4.79 Å². The van der Waals surface area contributed by atoms with Crippen LogP contribution in [0, 0.1) is 11.8 Å². The Kier molecular flexibility index (Phi) is 8.67. The lowest BCUT2D eigenvalue weighted by Crippen LogP contribution is -2.32. The molecule has 16 heavy (non-hydrogen) atoms. The van der Waals surface area contributed by atoms with Crippen molar-refractivity contribution in [3.63, 3.8) is 0 Å². The molecule has 1 amide bonds. The number of hydrogen-bond acceptors (Lipinski definition) is 2. The van der Waals surface area contributed by atoms with Crippen LogP contribution in [0.25, 0.3) is 0 Å². The molecule has 1 saturated carbocycles. The van der Waals surface area contributed by atoms with E-state index in [9.17, 15) is 4.79 Å². The minimum atomic E-state index is 0. The fourth-order valence-corrected chi connectivity index (χ4v) is 2.33. The van der Waals surface area contributed by atoms with E-state index in [1.807, 2.05) is 7.05 Å². The maximum Gasteiger partial charge on any atom is 0.221 e. The first-order valence-electron chi connectivity index (χ1n) is 6.13. The summed E-state index contributed by atoms with van der Waals surface area (Å²) in [5.74, 6) is 1.74. The minimum absolute atomic E-state index is 0. The molecule has 3 nitrogen and oxygen atoms in total. The molecule has 0 bridgehead atoms. The normalized spacial score (nSPS) is 24.6. The van der Waals surface area contributed by atoms with Gasteiger partial charge in [0.2, 0.25) is 5.91 Å². The smallest absolute Gasteiger partial charge is 0.221 e. The van der Waals surface area contributed by atoms with E-state index >= 15 is 0 Å². The number of carbonyl (C=O) groups excluding carboxylic acids is 1. The van der Waals surface area contributed by atoms with Gasteiger partial charge in [-0.1, -0.05) is 19.8 Å². The van der Waals surface area contributed by atoms with E-state index in [0.29, 0.717) is 12.3 Å². The zero-order chi connectivity index (χ0) is 11.1. The second-order valence-electron chi connectivity index (χ2n) is 4.80. The van der Waals surface area contributed by atoms with Crippen LogP contribution in [0.3, 0.4) is 0 Å². The first-order chi connectivity index (χ1) is 7.22. The summed E-state index contributed by atoms with van der Waals surface area (Å²) in [6, 6.07) is 0. The zero-order valence-electron chi connectivity index (χ0n) is 10.4. The number of nitrogens with one attached hydrogen (secondary N) is 2. The first-order valence-corrected chi connectivity index (χ1v) is 6.13. The summed E-state index contributed by atoms with van der Waals surface area (Å²) in [4.78, 5) is 11.4. The number of carbonyl (C=O) groups is 1. The van der Waals surface area contributed by atoms with Crippen molar-refractivity contribution in [2.24, 2.45) is 11.8 Å². The zero-order valence-corrected chi connectivity index (χ0v) is 11.2. The quantitative estimate of drug-likeness (QED) is 0.781. The van der Waals surface area contributed by atoms with Gasteiger partial charge in [-0.05, 0) is 31.7 Å². The molecule has 0 radical (unpaired) electrons. The van der Waals surface area contributed by atoms with Crippen molar-refractivity contribution >= 4 is 18.3 Å². The molecule has 2 N–H and O–H groups in total. The average Bonchev–Trinajstić information content (AvgIpc) is 2.23. The van der Waals surface area contributed by atoms with Gasteiger partial charge in [0.15, 0.2) is 0 Å². The number of amides is 1. The largest absolute Gasteiger partial charge is 0.356 e. The van der Waals surface area contributed by atoms with Gasteiger partial charge in [-0.2, -0.15) is 0 Å². The Bertz CT molecular complexity index is 199. The van der Waals surface area contributed by atoms with Crippen molar-refractivity contribution in [3.05, 3.63) is 0 Å². The van der Waals surface area contributed by atoms with E-state index in [0.717, 1.165) is 19.0 Å². The summed E-state index contributed by atoms with van der Waals surface area (Å²) in [5, 5.41) is 6.01. The van der Waals surface area contributed by atoms with E-state index in [2.05, 4.69) is 17.6 Å². The predicted octanol–water partition coefficient (Wildman–Crippen LogP) is 1.96. The van der Waals surface area contributed by atoms with Gasteiger partial charge in [-0.3, -0.25) is 4.79 Å². The average molecular weight is 249 g/mol. The van der Waals surface area contributed by atoms with Gasteiger partial charge >= 0.3 is 0 Å². The highest BCUT2D eigenvalue weighted by Crippen LogP contribution is 2.27. The van der Waals surface area contributed by atoms with Crippen LogP contribution in [0.15, 0.2) is 0 Å². The molecule has 0 aromatic carbocycles. The van der Waals surface area contributed by atoms with Gasteiger partial charge in [0.1, 0.15) is 0 Å². The minimum Gasteiger partial charge on any atom is -0.356 e. The molecule has 0 spiro atoms. The lowest BCUT2D eigenvalue weighted by Gasteiger charge is -2.26. The third kappa shape index (κ3) is 6.33. The molecule has 4 heteroatoms. The highest BCUT2D eigenvalue weighted by molar-refractivity contribution is 5.85. The van der Waals surface area contributed by atoms with Crippen LogP contribution in [0.4, 0.5) is 0 Å². The number of rotatable bonds is 5. The highest BCUT2D eigenvalue weighted by atomic mass is 35.5. The molecule has 1 fully saturated rings. The lowest BCUT2D eigenvalue weighted by atomic mass is 9.82. The first kappa shape index (κ1) is 15.7. The summed E-state index contributed by atoms with van der Waals surface area (Å²) in [6.45, 7) is 3.97. The topological polar surface area (TPSA) is 41.1 Å². The lowest BCUT2D eigenvalue weighted by molar-refractivity contribution is -0.121. The summed E-state index contributed by atoms with van der Waals surface area (Å²) in [7, 11) is 1.87. The third-order valence-electron chi connectivity index (χ3n) is 3.23. The summed E-state index contributed by atoms with van der Waals surface area (Å²) >= 11 is 0. The second-order valence-corrected chi connectivity index (χ2v) is 4.80. The molecule has 2 atom stereocenters. The van der Waals surface area contributed by atoms with Crippen LogP contribution in [0.2, 0.25) is 0 Å². The second kappa shape index (κ2) is 8.82. The van der Waals surface area contributed by atoms with E-state index in [1.54, 1.807) is 0 Å². The van der Waals surface area contributed by atoms with Crippen molar-refractivity contribution in [1.29, 1.82) is 0 Å². The number of hydrogen-bond donors (Lipinski definition) is 2. The Hall–Kier alpha value is -0.280. The Balaban J connectivity index is 0.00000225. The fraction of sp³-hybridized carbons (Fsp3) is 0.917. The predicted molar refractivity (Wildman–Crippen MR) is 69.9 cm³/mol. The Morgan fingerprint density at radius 3 is 2.75 bits per heavy atom. The van der Waals surface area contributed by atoms with Crippen LogP contribution in [0.1, 0.15) is 39.0 Å². The van der Waals surface area contributed by atoms with Gasteiger partial charge in [0, 0.05) is 19.5 Å². The van der Waals surface area contributed by atoms with Crippen LogP contribution in [-0.4, -0.2) is 26.0 Å². The molecule has 0 aromatic heterocycles. The summed E-state index contributed by atoms with van der Waals surface area (Å²) in [6.07, 6.45) is 5.87. The molecule has 1 aliphatic rings. The molecule has 0 aromatic rings. The van der Waals surface area contributed by atoms with E-state index in [1.165, 1.54) is 25.7 Å². The standard InChI is InChI=1S/C12H24N2O.ClH/c1-10-4-3-5-11(8-10)9-14-12(15)6-7-13-2;/h10-11,13H,3-9H2,1-2H3,(H,14,15);1H. The molecular weight excluding hydrogens is 224 g/mol. The molecule has 1 rings (SSSR count). The Morgan fingerprint density at radius 1 is 1.38 bits per heavy atom. The monoisotopic (exact) mass is 248 g/mol. The summed E-state index contributed by atoms with van der Waals surface area (Å²) < 4.78 is 0. The molecule has 0 heterocycles. The van der Waals surface area contributed by atoms with Crippen molar-refractivity contribution in [3.8, 4) is 0 Å². The van der Waals surface area contributed by atoms with Crippen LogP contribution in [-0.2, 0) is 4.79 Å². The maximum atomic E-state index is 11.4. The van der Waals surface area contributed by atoms with Gasteiger partial charge in [0.05, 0.1) is 0 Å². The molecule has 2 unspecified atom stereocenters.